The Bertz CT molecular complexity index is 1000. The molecular formula is C25H32N4O3. The topological polar surface area (TPSA) is 76.5 Å². The first-order valence-electron chi connectivity index (χ1n) is 11.7. The molecule has 0 bridgehead atoms. The van der Waals surface area contributed by atoms with Crippen molar-refractivity contribution in [2.24, 2.45) is 24.3 Å². The van der Waals surface area contributed by atoms with Crippen molar-refractivity contribution >= 4 is 17.5 Å². The second-order valence-electron chi connectivity index (χ2n) is 9.79. The molecule has 1 N–H and O–H groups in total. The fourth-order valence-corrected chi connectivity index (χ4v) is 5.48. The molecule has 1 aromatic heterocycles. The lowest BCUT2D eigenvalue weighted by Crippen LogP contribution is -2.41. The van der Waals surface area contributed by atoms with Crippen LogP contribution >= 0.6 is 0 Å². The van der Waals surface area contributed by atoms with Crippen LogP contribution in [0.15, 0.2) is 30.5 Å². The Kier molecular flexibility index (Phi) is 5.43. The molecular weight excluding hydrogens is 404 g/mol. The van der Waals surface area contributed by atoms with Crippen LogP contribution in [0.25, 0.3) is 0 Å². The van der Waals surface area contributed by atoms with Crippen molar-refractivity contribution in [2.45, 2.75) is 44.9 Å². The summed E-state index contributed by atoms with van der Waals surface area (Å²) in [6.07, 6.45) is 9.42. The number of ether oxygens (including phenoxy) is 1. The number of anilines is 1. The number of hydrogen-bond acceptors (Lipinski definition) is 4. The molecule has 3 aliphatic rings. The molecule has 2 amide bonds. The molecule has 5 rings (SSSR count). The van der Waals surface area contributed by atoms with Crippen molar-refractivity contribution in [3.8, 4) is 5.75 Å². The van der Waals surface area contributed by atoms with Gasteiger partial charge in [-0.25, -0.2) is 0 Å². The summed E-state index contributed by atoms with van der Waals surface area (Å²) >= 11 is 0. The molecule has 7 heteroatoms. The van der Waals surface area contributed by atoms with Gasteiger partial charge >= 0.3 is 0 Å². The zero-order chi connectivity index (χ0) is 22.3. The van der Waals surface area contributed by atoms with E-state index in [-0.39, 0.29) is 5.91 Å². The van der Waals surface area contributed by atoms with E-state index in [1.807, 2.05) is 31.3 Å². The number of likely N-dealkylation sites (tertiary alicyclic amines) is 1. The smallest absolute Gasteiger partial charge is 0.259 e. The summed E-state index contributed by atoms with van der Waals surface area (Å²) in [4.78, 5) is 27.8. The highest BCUT2D eigenvalue weighted by Crippen LogP contribution is 2.66. The molecule has 7 nitrogen and oxygen atoms in total. The molecule has 2 aliphatic carbocycles. The number of rotatable bonds is 6. The molecule has 32 heavy (non-hydrogen) atoms. The zero-order valence-corrected chi connectivity index (χ0v) is 19.0. The highest BCUT2D eigenvalue weighted by molar-refractivity contribution is 6.05. The molecule has 2 aromatic rings. The first kappa shape index (κ1) is 21.0. The van der Waals surface area contributed by atoms with Crippen molar-refractivity contribution < 1.29 is 14.3 Å². The minimum absolute atomic E-state index is 0.148. The van der Waals surface area contributed by atoms with E-state index >= 15 is 0 Å². The maximum atomic E-state index is 12.9. The molecule has 1 aliphatic heterocycles. The average molecular weight is 437 g/mol. The van der Waals surface area contributed by atoms with Gasteiger partial charge in [-0.1, -0.05) is 6.42 Å². The van der Waals surface area contributed by atoms with Crippen LogP contribution in [0.1, 0.15) is 54.6 Å². The van der Waals surface area contributed by atoms with Crippen molar-refractivity contribution in [3.05, 3.63) is 41.7 Å². The van der Waals surface area contributed by atoms with Crippen LogP contribution in [0.3, 0.4) is 0 Å². The molecule has 1 aromatic carbocycles. The van der Waals surface area contributed by atoms with E-state index in [0.29, 0.717) is 28.7 Å². The van der Waals surface area contributed by atoms with Gasteiger partial charge in [0.2, 0.25) is 5.91 Å². The van der Waals surface area contributed by atoms with E-state index in [0.717, 1.165) is 55.9 Å². The van der Waals surface area contributed by atoms with E-state index in [2.05, 4.69) is 15.3 Å². The number of hydrogen-bond donors (Lipinski definition) is 1. The summed E-state index contributed by atoms with van der Waals surface area (Å²) in [5, 5.41) is 7.54. The molecule has 1 spiro atoms. The largest absolute Gasteiger partial charge is 0.497 e. The molecule has 170 valence electrons. The zero-order valence-electron chi connectivity index (χ0n) is 19.0. The molecule has 0 unspecified atom stereocenters. The minimum atomic E-state index is -0.148. The number of aryl methyl sites for hydroxylation is 1. The third-order valence-electron chi connectivity index (χ3n) is 7.74. The minimum Gasteiger partial charge on any atom is -0.497 e. The normalized spacial score (nSPS) is 21.8. The molecule has 1 saturated heterocycles. The first-order valence-corrected chi connectivity index (χ1v) is 11.7. The Hall–Kier alpha value is -2.83. The summed E-state index contributed by atoms with van der Waals surface area (Å²) < 4.78 is 6.88. The van der Waals surface area contributed by atoms with Crippen LogP contribution in [-0.4, -0.2) is 46.7 Å². The van der Waals surface area contributed by atoms with Gasteiger partial charge in [0.15, 0.2) is 0 Å². The fourth-order valence-electron chi connectivity index (χ4n) is 5.48. The SMILES string of the molecule is COc1ccc(NC(=O)c2cn(C)nc2CC2CCN(C(=O)[C@H]3CC34CCC4)CC2)cc1. The van der Waals surface area contributed by atoms with Gasteiger partial charge in [0.1, 0.15) is 5.75 Å². The molecule has 1 atom stereocenters. The standard InChI is InChI=1S/C25H32N4O3/c1-28-16-20(23(30)26-18-4-6-19(32-2)7-5-18)22(27-28)14-17-8-12-29(13-9-17)24(31)21-15-25(21)10-3-11-25/h4-7,16-17,21H,3,8-15H2,1-2H3,(H,26,30)/t21-/m1/s1. The summed E-state index contributed by atoms with van der Waals surface area (Å²) in [5.74, 6) is 1.74. The summed E-state index contributed by atoms with van der Waals surface area (Å²) in [7, 11) is 3.47. The number of benzene rings is 1. The second-order valence-corrected chi connectivity index (χ2v) is 9.79. The van der Waals surface area contributed by atoms with Gasteiger partial charge < -0.3 is 15.0 Å². The van der Waals surface area contributed by atoms with Crippen molar-refractivity contribution in [1.82, 2.24) is 14.7 Å². The van der Waals surface area contributed by atoms with Crippen LogP contribution < -0.4 is 10.1 Å². The van der Waals surface area contributed by atoms with Crippen molar-refractivity contribution in [1.29, 1.82) is 0 Å². The first-order chi connectivity index (χ1) is 15.5. The van der Waals surface area contributed by atoms with Gasteiger partial charge in [-0.05, 0) is 74.1 Å². The number of nitrogens with one attached hydrogen (secondary N) is 1. The van der Waals surface area contributed by atoms with E-state index in [4.69, 9.17) is 4.74 Å². The number of aromatic nitrogens is 2. The maximum Gasteiger partial charge on any atom is 0.259 e. The highest BCUT2D eigenvalue weighted by atomic mass is 16.5. The number of carbonyl (C=O) groups excluding carboxylic acids is 2. The second kappa shape index (κ2) is 8.26. The fraction of sp³-hybridized carbons (Fsp3) is 0.560. The average Bonchev–Trinajstić information content (AvgIpc) is 3.45. The van der Waals surface area contributed by atoms with Crippen LogP contribution in [0.5, 0.6) is 5.75 Å². The Morgan fingerprint density at radius 1 is 1.19 bits per heavy atom. The molecule has 2 saturated carbocycles. The molecule has 0 radical (unpaired) electrons. The lowest BCUT2D eigenvalue weighted by Gasteiger charge is -2.34. The Morgan fingerprint density at radius 3 is 2.50 bits per heavy atom. The lowest BCUT2D eigenvalue weighted by atomic mass is 9.79. The quantitative estimate of drug-likeness (QED) is 0.750. The highest BCUT2D eigenvalue weighted by Gasteiger charge is 2.61. The number of nitrogens with zero attached hydrogens (tertiary/aromatic N) is 3. The number of amides is 2. The summed E-state index contributed by atoms with van der Waals surface area (Å²) in [6, 6.07) is 7.30. The van der Waals surface area contributed by atoms with Crippen molar-refractivity contribution in [2.75, 3.05) is 25.5 Å². The third kappa shape index (κ3) is 4.00. The van der Waals surface area contributed by atoms with Gasteiger partial charge in [-0.15, -0.1) is 0 Å². The van der Waals surface area contributed by atoms with Gasteiger partial charge in [0.05, 0.1) is 18.4 Å². The number of piperidine rings is 1. The summed E-state index contributed by atoms with van der Waals surface area (Å²) in [5.41, 5.74) is 2.57. The van der Waals surface area contributed by atoms with Gasteiger partial charge in [-0.3, -0.25) is 14.3 Å². The predicted octanol–water partition coefficient (Wildman–Crippen LogP) is 3.65. The Balaban J connectivity index is 1.17. The lowest BCUT2D eigenvalue weighted by molar-refractivity contribution is -0.135. The predicted molar refractivity (Wildman–Crippen MR) is 122 cm³/mol. The van der Waals surface area contributed by atoms with E-state index in [1.165, 1.54) is 19.3 Å². The van der Waals surface area contributed by atoms with Crippen LogP contribution in [0, 0.1) is 17.3 Å². The Morgan fingerprint density at radius 2 is 1.91 bits per heavy atom. The molecule has 3 fully saturated rings. The number of carbonyl (C=O) groups is 2. The summed E-state index contributed by atoms with van der Waals surface area (Å²) in [6.45, 7) is 1.66. The van der Waals surface area contributed by atoms with Gasteiger partial charge in [0.25, 0.3) is 5.91 Å². The maximum absolute atomic E-state index is 12.9. The molecule has 2 heterocycles. The van der Waals surface area contributed by atoms with Gasteiger partial charge in [0, 0.05) is 37.9 Å². The van der Waals surface area contributed by atoms with Crippen LogP contribution in [-0.2, 0) is 18.3 Å². The van der Waals surface area contributed by atoms with E-state index in [9.17, 15) is 9.59 Å². The Labute approximate surface area is 189 Å². The van der Waals surface area contributed by atoms with Crippen molar-refractivity contribution in [3.63, 3.8) is 0 Å². The number of methoxy groups -OCH3 is 1. The van der Waals surface area contributed by atoms with Gasteiger partial charge in [-0.2, -0.15) is 5.10 Å². The van der Waals surface area contributed by atoms with Crippen LogP contribution in [0.4, 0.5) is 5.69 Å². The third-order valence-corrected chi connectivity index (χ3v) is 7.74. The van der Waals surface area contributed by atoms with Crippen LogP contribution in [0.2, 0.25) is 0 Å². The van der Waals surface area contributed by atoms with E-state index in [1.54, 1.807) is 18.0 Å². The monoisotopic (exact) mass is 436 g/mol. The van der Waals surface area contributed by atoms with E-state index < -0.39 is 0 Å².